The summed E-state index contributed by atoms with van der Waals surface area (Å²) in [7, 11) is 0. The smallest absolute Gasteiger partial charge is 0.0320 e. The van der Waals surface area contributed by atoms with E-state index in [0.717, 1.165) is 6.54 Å². The summed E-state index contributed by atoms with van der Waals surface area (Å²) in [6.45, 7) is 10.2. The molecule has 1 aromatic rings. The van der Waals surface area contributed by atoms with Crippen LogP contribution in [-0.2, 0) is 0 Å². The maximum atomic E-state index is 3.64. The molecule has 1 aliphatic rings. The largest absolute Gasteiger partial charge is 0.309 e. The van der Waals surface area contributed by atoms with E-state index in [1.165, 1.54) is 17.5 Å². The van der Waals surface area contributed by atoms with E-state index in [4.69, 9.17) is 0 Å². The molecule has 0 radical (unpaired) electrons. The molecule has 1 aromatic carbocycles. The van der Waals surface area contributed by atoms with Crippen LogP contribution in [0.4, 0.5) is 0 Å². The quantitative estimate of drug-likeness (QED) is 0.790. The van der Waals surface area contributed by atoms with Crippen molar-refractivity contribution >= 4 is 0 Å². The van der Waals surface area contributed by atoms with Crippen LogP contribution >= 0.6 is 0 Å². The maximum Gasteiger partial charge on any atom is 0.0320 e. The van der Waals surface area contributed by atoms with Crippen LogP contribution in [0.1, 0.15) is 68.7 Å². The molecule has 88 valence electrons. The van der Waals surface area contributed by atoms with Gasteiger partial charge in [-0.25, -0.2) is 0 Å². The fraction of sp³-hybridized carbons (Fsp3) is 0.600. The minimum atomic E-state index is 0.560. The molecule has 2 unspecified atom stereocenters. The fourth-order valence-electron chi connectivity index (χ4n) is 2.61. The molecule has 0 aromatic heterocycles. The first kappa shape index (κ1) is 11.7. The second-order valence-corrected chi connectivity index (χ2v) is 5.31. The predicted octanol–water partition coefficient (Wildman–Crippen LogP) is 3.97. The van der Waals surface area contributed by atoms with Crippen LogP contribution in [0, 0.1) is 0 Å². The van der Waals surface area contributed by atoms with Crippen LogP contribution in [0.3, 0.4) is 0 Å². The first-order valence-electron chi connectivity index (χ1n) is 6.50. The Morgan fingerprint density at radius 3 is 2.69 bits per heavy atom. The van der Waals surface area contributed by atoms with Crippen molar-refractivity contribution in [2.24, 2.45) is 0 Å². The first-order valence-corrected chi connectivity index (χ1v) is 6.50. The van der Waals surface area contributed by atoms with E-state index in [0.29, 0.717) is 17.9 Å². The van der Waals surface area contributed by atoms with Crippen LogP contribution in [0.5, 0.6) is 0 Å². The second-order valence-electron chi connectivity index (χ2n) is 5.31. The van der Waals surface area contributed by atoms with E-state index in [-0.39, 0.29) is 0 Å². The molecule has 0 saturated heterocycles. The molecule has 0 bridgehead atoms. The van der Waals surface area contributed by atoms with Gasteiger partial charge in [-0.2, -0.15) is 0 Å². The molecule has 0 spiro atoms. The van der Waals surface area contributed by atoms with Gasteiger partial charge in [0.05, 0.1) is 0 Å². The Kier molecular flexibility index (Phi) is 3.34. The van der Waals surface area contributed by atoms with Gasteiger partial charge in [0, 0.05) is 12.6 Å². The highest BCUT2D eigenvalue weighted by Gasteiger charge is 2.23. The molecule has 0 saturated carbocycles. The lowest BCUT2D eigenvalue weighted by molar-refractivity contribution is 0.457. The summed E-state index contributed by atoms with van der Waals surface area (Å²) in [4.78, 5) is 0. The molecule has 1 aliphatic heterocycles. The average Bonchev–Trinajstić information content (AvgIpc) is 2.29. The van der Waals surface area contributed by atoms with Crippen LogP contribution in [-0.4, -0.2) is 6.54 Å². The third-order valence-electron chi connectivity index (χ3n) is 3.76. The number of hydrogen-bond acceptors (Lipinski definition) is 1. The lowest BCUT2D eigenvalue weighted by atomic mass is 9.84. The molecular formula is C15H23N. The number of fused-ring (bicyclic) bond motifs is 1. The van der Waals surface area contributed by atoms with E-state index < -0.39 is 0 Å². The summed E-state index contributed by atoms with van der Waals surface area (Å²) >= 11 is 0. The zero-order chi connectivity index (χ0) is 11.7. The second kappa shape index (κ2) is 4.58. The van der Waals surface area contributed by atoms with Gasteiger partial charge in [-0.15, -0.1) is 0 Å². The number of rotatable bonds is 2. The summed E-state index contributed by atoms with van der Waals surface area (Å²) in [6, 6.07) is 7.62. The molecule has 2 atom stereocenters. The van der Waals surface area contributed by atoms with Crippen molar-refractivity contribution in [3.8, 4) is 0 Å². The average molecular weight is 217 g/mol. The lowest BCUT2D eigenvalue weighted by Crippen LogP contribution is -2.31. The Labute approximate surface area is 99.3 Å². The number of nitrogens with one attached hydrogen (secondary N) is 1. The van der Waals surface area contributed by atoms with E-state index in [9.17, 15) is 0 Å². The minimum Gasteiger partial charge on any atom is -0.309 e. The van der Waals surface area contributed by atoms with Crippen molar-refractivity contribution in [3.63, 3.8) is 0 Å². The monoisotopic (exact) mass is 217 g/mol. The Hall–Kier alpha value is -0.820. The van der Waals surface area contributed by atoms with Gasteiger partial charge in [-0.3, -0.25) is 0 Å². The molecule has 1 nitrogen and oxygen atoms in total. The molecule has 0 amide bonds. The van der Waals surface area contributed by atoms with Gasteiger partial charge in [0.15, 0.2) is 0 Å². The maximum absolute atomic E-state index is 3.64. The number of hydrogen-bond donors (Lipinski definition) is 1. The van der Waals surface area contributed by atoms with Gasteiger partial charge < -0.3 is 5.32 Å². The topological polar surface area (TPSA) is 12.0 Å². The molecular weight excluding hydrogens is 194 g/mol. The fourth-order valence-corrected chi connectivity index (χ4v) is 2.61. The predicted molar refractivity (Wildman–Crippen MR) is 70.0 cm³/mol. The SMILES string of the molecule is CCC1NCC(C)c2ccc(C(C)C)cc21. The van der Waals surface area contributed by atoms with Gasteiger partial charge in [0.25, 0.3) is 0 Å². The first-order chi connectivity index (χ1) is 7.63. The summed E-state index contributed by atoms with van der Waals surface area (Å²) < 4.78 is 0. The van der Waals surface area contributed by atoms with Gasteiger partial charge in [0.2, 0.25) is 0 Å². The molecule has 2 rings (SSSR count). The van der Waals surface area contributed by atoms with Crippen LogP contribution < -0.4 is 5.32 Å². The highest BCUT2D eigenvalue weighted by atomic mass is 14.9. The Balaban J connectivity index is 2.44. The highest BCUT2D eigenvalue weighted by Crippen LogP contribution is 2.33. The van der Waals surface area contributed by atoms with E-state index in [1.54, 1.807) is 5.56 Å². The lowest BCUT2D eigenvalue weighted by Gasteiger charge is -2.31. The molecule has 0 fully saturated rings. The number of benzene rings is 1. The van der Waals surface area contributed by atoms with Gasteiger partial charge >= 0.3 is 0 Å². The molecule has 1 heterocycles. The Morgan fingerprint density at radius 2 is 2.06 bits per heavy atom. The van der Waals surface area contributed by atoms with E-state index in [1.807, 2.05) is 0 Å². The Bertz CT molecular complexity index is 368. The van der Waals surface area contributed by atoms with Gasteiger partial charge in [-0.05, 0) is 34.9 Å². The minimum absolute atomic E-state index is 0.560. The van der Waals surface area contributed by atoms with Crippen molar-refractivity contribution in [1.82, 2.24) is 5.32 Å². The zero-order valence-electron chi connectivity index (χ0n) is 10.9. The summed E-state index contributed by atoms with van der Waals surface area (Å²) in [5.41, 5.74) is 4.55. The third kappa shape index (κ3) is 2.01. The summed E-state index contributed by atoms with van der Waals surface area (Å²) in [5.74, 6) is 1.28. The van der Waals surface area contributed by atoms with Crippen molar-refractivity contribution < 1.29 is 0 Å². The molecule has 16 heavy (non-hydrogen) atoms. The highest BCUT2D eigenvalue weighted by molar-refractivity contribution is 5.39. The molecule has 1 heteroatoms. The summed E-state index contributed by atoms with van der Waals surface area (Å²) in [6.07, 6.45) is 1.18. The van der Waals surface area contributed by atoms with Crippen LogP contribution in [0.25, 0.3) is 0 Å². The van der Waals surface area contributed by atoms with Crippen LogP contribution in [0.15, 0.2) is 18.2 Å². The van der Waals surface area contributed by atoms with Crippen LogP contribution in [0.2, 0.25) is 0 Å². The van der Waals surface area contributed by atoms with Crippen molar-refractivity contribution in [3.05, 3.63) is 34.9 Å². The molecule has 0 aliphatic carbocycles. The van der Waals surface area contributed by atoms with Gasteiger partial charge in [-0.1, -0.05) is 45.9 Å². The standard InChI is InChI=1S/C15H23N/c1-5-15-14-8-12(10(2)3)6-7-13(14)11(4)9-16-15/h6-8,10-11,15-16H,5,9H2,1-4H3. The zero-order valence-corrected chi connectivity index (χ0v) is 10.9. The van der Waals surface area contributed by atoms with Gasteiger partial charge in [0.1, 0.15) is 0 Å². The van der Waals surface area contributed by atoms with Crippen molar-refractivity contribution in [1.29, 1.82) is 0 Å². The van der Waals surface area contributed by atoms with Crippen molar-refractivity contribution in [2.75, 3.05) is 6.54 Å². The van der Waals surface area contributed by atoms with E-state index in [2.05, 4.69) is 51.2 Å². The Morgan fingerprint density at radius 1 is 1.31 bits per heavy atom. The third-order valence-corrected chi connectivity index (χ3v) is 3.76. The van der Waals surface area contributed by atoms with E-state index >= 15 is 0 Å². The molecule has 1 N–H and O–H groups in total. The summed E-state index contributed by atoms with van der Waals surface area (Å²) in [5, 5.41) is 3.64. The van der Waals surface area contributed by atoms with Crippen molar-refractivity contribution in [2.45, 2.75) is 52.0 Å². The normalized spacial score (nSPS) is 24.6.